The Morgan fingerprint density at radius 3 is 1.43 bits per heavy atom. The largest absolute Gasteiger partial charge is 0.203 e. The number of hydrogen-bond donors (Lipinski definition) is 0. The first-order chi connectivity index (χ1) is 10.2. The second-order valence-electron chi connectivity index (χ2n) is 8.18. The lowest BCUT2D eigenvalue weighted by molar-refractivity contribution is 0.376. The molecule has 0 saturated heterocycles. The van der Waals surface area contributed by atoms with Crippen molar-refractivity contribution in [1.82, 2.24) is 0 Å². The molecule has 1 aromatic carbocycles. The fraction of sp³-hybridized carbons (Fsp3) is 0.500. The first kappa shape index (κ1) is 20.1. The zero-order valence-electron chi connectivity index (χ0n) is 14.4. The summed E-state index contributed by atoms with van der Waals surface area (Å²) in [5.74, 6) is -9.34. The summed E-state index contributed by atoms with van der Waals surface area (Å²) < 4.78 is 68.5. The van der Waals surface area contributed by atoms with Gasteiger partial charge in [0.15, 0.2) is 23.3 Å². The van der Waals surface area contributed by atoms with Crippen LogP contribution in [0.15, 0.2) is 6.08 Å². The highest BCUT2D eigenvalue weighted by Gasteiger charge is 2.29. The van der Waals surface area contributed by atoms with Gasteiger partial charge in [-0.2, -0.15) is 0 Å². The van der Waals surface area contributed by atoms with Gasteiger partial charge in [-0.25, -0.2) is 22.0 Å². The summed E-state index contributed by atoms with van der Waals surface area (Å²) in [5, 5.41) is 0. The van der Waals surface area contributed by atoms with Crippen molar-refractivity contribution in [2.45, 2.75) is 51.4 Å². The molecule has 0 nitrogen and oxygen atoms in total. The number of benzene rings is 1. The van der Waals surface area contributed by atoms with Crippen LogP contribution in [0.2, 0.25) is 51.4 Å². The Hall–Kier alpha value is -0.956. The maximum absolute atomic E-state index is 14.1. The predicted octanol–water partition coefficient (Wildman–Crippen LogP) is 6.44. The number of hydrogen-bond acceptors (Lipinski definition) is 0. The molecule has 1 aromatic rings. The van der Waals surface area contributed by atoms with Gasteiger partial charge in [0.2, 0.25) is 5.82 Å². The number of allylic oxidation sites excluding steroid dienone is 2. The van der Waals surface area contributed by atoms with Gasteiger partial charge in [-0.15, -0.1) is 0 Å². The molecule has 0 saturated carbocycles. The van der Waals surface area contributed by atoms with Crippen LogP contribution in [0.4, 0.5) is 22.0 Å². The lowest BCUT2D eigenvalue weighted by Gasteiger charge is -2.22. The molecule has 130 valence electrons. The molecule has 0 bridgehead atoms. The van der Waals surface area contributed by atoms with Crippen LogP contribution >= 0.6 is 0 Å². The molecule has 1 rings (SSSR count). The molecule has 0 atom stereocenters. The summed E-state index contributed by atoms with van der Waals surface area (Å²) in [5.41, 5.74) is -0.526. The zero-order chi connectivity index (χ0) is 18.2. The maximum atomic E-state index is 14.1. The van der Waals surface area contributed by atoms with Crippen LogP contribution in [-0.2, 0) is 0 Å². The molecule has 0 aromatic heterocycles. The molecule has 0 fully saturated rings. The molecule has 0 N–H and O–H groups in total. The minimum Gasteiger partial charge on any atom is -0.203 e. The van der Waals surface area contributed by atoms with E-state index >= 15 is 0 Å². The third-order valence-corrected chi connectivity index (χ3v) is 6.08. The van der Waals surface area contributed by atoms with Crippen molar-refractivity contribution < 1.29 is 22.0 Å². The van der Waals surface area contributed by atoms with Gasteiger partial charge >= 0.3 is 0 Å². The Labute approximate surface area is 136 Å². The number of halogens is 5. The SMILES string of the molecule is C[Si](C)(C)C/C=C(\C[Si](C)(C)C)c1c(F)c(F)c(F)c(F)c1F. The average molecular weight is 367 g/mol. The van der Waals surface area contributed by atoms with Gasteiger partial charge < -0.3 is 0 Å². The molecule has 0 heterocycles. The molecule has 0 spiro atoms. The second kappa shape index (κ2) is 6.88. The fourth-order valence-corrected chi connectivity index (χ4v) is 4.47. The van der Waals surface area contributed by atoms with Gasteiger partial charge in [0.25, 0.3) is 0 Å². The molecule has 0 radical (unpaired) electrons. The molecular weight excluding hydrogens is 343 g/mol. The summed E-state index contributed by atoms with van der Waals surface area (Å²) in [7, 11) is -3.39. The minimum absolute atomic E-state index is 0.236. The van der Waals surface area contributed by atoms with Crippen LogP contribution in [0.1, 0.15) is 5.56 Å². The Morgan fingerprint density at radius 2 is 1.09 bits per heavy atom. The predicted molar refractivity (Wildman–Crippen MR) is 90.5 cm³/mol. The van der Waals surface area contributed by atoms with Crippen LogP contribution in [0.5, 0.6) is 0 Å². The van der Waals surface area contributed by atoms with Crippen LogP contribution in [0.3, 0.4) is 0 Å². The van der Waals surface area contributed by atoms with Crippen LogP contribution in [-0.4, -0.2) is 16.1 Å². The number of rotatable bonds is 5. The quantitative estimate of drug-likeness (QED) is 0.243. The lowest BCUT2D eigenvalue weighted by Crippen LogP contribution is -2.22. The van der Waals surface area contributed by atoms with E-state index in [1.807, 2.05) is 19.6 Å². The van der Waals surface area contributed by atoms with Crippen LogP contribution < -0.4 is 0 Å². The van der Waals surface area contributed by atoms with E-state index in [9.17, 15) is 22.0 Å². The van der Waals surface area contributed by atoms with E-state index in [-0.39, 0.29) is 5.57 Å². The van der Waals surface area contributed by atoms with Crippen molar-refractivity contribution in [2.24, 2.45) is 0 Å². The summed E-state index contributed by atoms with van der Waals surface area (Å²) >= 11 is 0. The van der Waals surface area contributed by atoms with E-state index in [0.29, 0.717) is 12.1 Å². The van der Waals surface area contributed by atoms with E-state index in [2.05, 4.69) is 19.6 Å². The topological polar surface area (TPSA) is 0 Å². The van der Waals surface area contributed by atoms with Gasteiger partial charge in [-0.1, -0.05) is 45.4 Å². The minimum atomic E-state index is -2.11. The van der Waals surface area contributed by atoms with E-state index in [1.54, 1.807) is 6.08 Å². The van der Waals surface area contributed by atoms with Gasteiger partial charge in [0.1, 0.15) is 0 Å². The highest BCUT2D eigenvalue weighted by molar-refractivity contribution is 6.78. The van der Waals surface area contributed by atoms with Crippen molar-refractivity contribution in [3.63, 3.8) is 0 Å². The van der Waals surface area contributed by atoms with Crippen molar-refractivity contribution in [3.8, 4) is 0 Å². The normalized spacial score (nSPS) is 13.6. The molecule has 0 aliphatic rings. The molecule has 0 unspecified atom stereocenters. The lowest BCUT2D eigenvalue weighted by atomic mass is 10.0. The van der Waals surface area contributed by atoms with E-state index in [0.717, 1.165) is 0 Å². The van der Waals surface area contributed by atoms with Crippen LogP contribution in [0, 0.1) is 29.1 Å². The monoisotopic (exact) mass is 366 g/mol. The first-order valence-electron chi connectivity index (χ1n) is 7.45. The van der Waals surface area contributed by atoms with Gasteiger partial charge in [-0.3, -0.25) is 0 Å². The van der Waals surface area contributed by atoms with Crippen molar-refractivity contribution in [3.05, 3.63) is 40.7 Å². The molecule has 0 aliphatic carbocycles. The molecule has 0 amide bonds. The Kier molecular flexibility index (Phi) is 6.01. The third-order valence-electron chi connectivity index (χ3n) is 3.21. The highest BCUT2D eigenvalue weighted by atomic mass is 28.3. The summed E-state index contributed by atoms with van der Waals surface area (Å²) in [4.78, 5) is 0. The molecular formula is C16H23F5Si2. The van der Waals surface area contributed by atoms with Crippen molar-refractivity contribution >= 4 is 21.7 Å². The summed E-state index contributed by atoms with van der Waals surface area (Å²) in [6.45, 7) is 12.2. The van der Waals surface area contributed by atoms with Gasteiger partial charge in [-0.05, 0) is 17.7 Å². The smallest absolute Gasteiger partial charge is 0.200 e. The average Bonchev–Trinajstić information content (AvgIpc) is 2.38. The third kappa shape index (κ3) is 5.27. The molecule has 23 heavy (non-hydrogen) atoms. The van der Waals surface area contributed by atoms with E-state index < -0.39 is 50.8 Å². The Morgan fingerprint density at radius 1 is 0.696 bits per heavy atom. The standard InChI is InChI=1S/C16H23F5Si2/c1-22(2,3)8-7-10(9-23(4,5)6)11-12(17)14(19)16(21)15(20)13(11)18/h7H,8-9H2,1-6H3/b10-7+. The Bertz CT molecular complexity index is 596. The summed E-state index contributed by atoms with van der Waals surface area (Å²) in [6.07, 6.45) is 1.67. The van der Waals surface area contributed by atoms with Gasteiger partial charge in [0.05, 0.1) is 5.56 Å². The molecule has 7 heteroatoms. The first-order valence-corrected chi connectivity index (χ1v) is 14.9. The van der Waals surface area contributed by atoms with Crippen molar-refractivity contribution in [2.75, 3.05) is 0 Å². The zero-order valence-corrected chi connectivity index (χ0v) is 16.4. The van der Waals surface area contributed by atoms with E-state index in [1.165, 1.54) is 0 Å². The van der Waals surface area contributed by atoms with Crippen LogP contribution in [0.25, 0.3) is 5.57 Å². The Balaban J connectivity index is 3.56. The second-order valence-corrected chi connectivity index (χ2v) is 19.2. The molecule has 0 aliphatic heterocycles. The van der Waals surface area contributed by atoms with E-state index in [4.69, 9.17) is 0 Å². The van der Waals surface area contributed by atoms with Gasteiger partial charge in [0, 0.05) is 16.1 Å². The van der Waals surface area contributed by atoms with Crippen molar-refractivity contribution in [1.29, 1.82) is 0 Å². The maximum Gasteiger partial charge on any atom is 0.200 e. The highest BCUT2D eigenvalue weighted by Crippen LogP contribution is 2.34. The summed E-state index contributed by atoms with van der Waals surface area (Å²) in [6, 6.07) is 0.974. The fourth-order valence-electron chi connectivity index (χ4n) is 2.15.